The summed E-state index contributed by atoms with van der Waals surface area (Å²) in [5.41, 5.74) is 0. The summed E-state index contributed by atoms with van der Waals surface area (Å²) in [5.74, 6) is 1.04. The highest BCUT2D eigenvalue weighted by atomic mass is 32.1. The number of hydrogen-bond donors (Lipinski definition) is 1. The maximum Gasteiger partial charge on any atom is 0.289 e. The maximum atomic E-state index is 11.9. The van der Waals surface area contributed by atoms with Crippen LogP contribution in [0.2, 0.25) is 0 Å². The lowest BCUT2D eigenvalue weighted by molar-refractivity contribution is 0.0725. The number of likely N-dealkylation sites (tertiary alicyclic amines) is 1. The molecule has 0 saturated carbocycles. The largest absolute Gasteiger partial charge is 0.376 e. The van der Waals surface area contributed by atoms with E-state index in [1.54, 1.807) is 17.4 Å². The standard InChI is InChI=1S/C16H20N4O3S/c21-16(13-1-3-19-23-13)18-7-14-12-2-5-20(8-11(12)10-22-14)9-15-17-4-6-24-15/h1,3-4,6,11-12,14H,2,5,7-10H2,(H,18,21)/t11-,12-,14+/m1/s1. The van der Waals surface area contributed by atoms with Crippen LogP contribution in [-0.2, 0) is 11.3 Å². The van der Waals surface area contributed by atoms with Crippen molar-refractivity contribution in [2.24, 2.45) is 11.8 Å². The van der Waals surface area contributed by atoms with Crippen LogP contribution in [0.25, 0.3) is 0 Å². The maximum absolute atomic E-state index is 11.9. The van der Waals surface area contributed by atoms with Gasteiger partial charge in [-0.15, -0.1) is 11.3 Å². The molecule has 2 aliphatic heterocycles. The second-order valence-corrected chi connectivity index (χ2v) is 7.31. The van der Waals surface area contributed by atoms with E-state index in [4.69, 9.17) is 9.26 Å². The van der Waals surface area contributed by atoms with E-state index in [1.807, 2.05) is 11.6 Å². The van der Waals surface area contributed by atoms with Gasteiger partial charge in [0.25, 0.3) is 5.91 Å². The van der Waals surface area contributed by atoms with Gasteiger partial charge in [0, 0.05) is 36.7 Å². The molecule has 0 aromatic carbocycles. The van der Waals surface area contributed by atoms with Gasteiger partial charge in [-0.2, -0.15) is 0 Å². The molecule has 7 nitrogen and oxygen atoms in total. The van der Waals surface area contributed by atoms with E-state index in [0.29, 0.717) is 18.4 Å². The van der Waals surface area contributed by atoms with Gasteiger partial charge in [0.1, 0.15) is 5.01 Å². The normalized spacial score (nSPS) is 27.1. The van der Waals surface area contributed by atoms with Crippen LogP contribution in [0.3, 0.4) is 0 Å². The van der Waals surface area contributed by atoms with Gasteiger partial charge >= 0.3 is 0 Å². The number of hydrogen-bond acceptors (Lipinski definition) is 7. The van der Waals surface area contributed by atoms with Crippen molar-refractivity contribution in [2.75, 3.05) is 26.2 Å². The molecule has 1 amide bonds. The Bertz CT molecular complexity index is 661. The van der Waals surface area contributed by atoms with Crippen LogP contribution in [0.15, 0.2) is 28.4 Å². The quantitative estimate of drug-likeness (QED) is 0.880. The highest BCUT2D eigenvalue weighted by Gasteiger charge is 2.40. The molecular formula is C16H20N4O3S. The van der Waals surface area contributed by atoms with Gasteiger partial charge in [0.15, 0.2) is 0 Å². The number of thiazole rings is 1. The lowest BCUT2D eigenvalue weighted by Crippen LogP contribution is -2.43. The van der Waals surface area contributed by atoms with Crippen molar-refractivity contribution in [1.29, 1.82) is 0 Å². The second-order valence-electron chi connectivity index (χ2n) is 6.33. The fraction of sp³-hybridized carbons (Fsp3) is 0.562. The molecule has 0 aliphatic carbocycles. The smallest absolute Gasteiger partial charge is 0.289 e. The highest BCUT2D eigenvalue weighted by molar-refractivity contribution is 7.09. The highest BCUT2D eigenvalue weighted by Crippen LogP contribution is 2.34. The van der Waals surface area contributed by atoms with E-state index in [9.17, 15) is 4.79 Å². The first-order valence-electron chi connectivity index (χ1n) is 8.21. The zero-order valence-electron chi connectivity index (χ0n) is 13.3. The van der Waals surface area contributed by atoms with Gasteiger partial charge in [-0.05, 0) is 18.9 Å². The summed E-state index contributed by atoms with van der Waals surface area (Å²) in [6.45, 7) is 4.30. The summed E-state index contributed by atoms with van der Waals surface area (Å²) in [5, 5.41) is 9.63. The first kappa shape index (κ1) is 15.7. The van der Waals surface area contributed by atoms with Crippen LogP contribution >= 0.6 is 11.3 Å². The summed E-state index contributed by atoms with van der Waals surface area (Å²) in [6, 6.07) is 1.56. The fourth-order valence-electron chi connectivity index (χ4n) is 3.65. The van der Waals surface area contributed by atoms with E-state index in [1.165, 1.54) is 11.2 Å². The Balaban J connectivity index is 1.28. The van der Waals surface area contributed by atoms with Crippen LogP contribution in [0, 0.1) is 11.8 Å². The van der Waals surface area contributed by atoms with Gasteiger partial charge < -0.3 is 14.6 Å². The zero-order chi connectivity index (χ0) is 16.4. The first-order valence-corrected chi connectivity index (χ1v) is 9.09. The van der Waals surface area contributed by atoms with E-state index >= 15 is 0 Å². The molecule has 8 heteroatoms. The van der Waals surface area contributed by atoms with E-state index in [-0.39, 0.29) is 17.8 Å². The molecule has 1 N–H and O–H groups in total. The third-order valence-electron chi connectivity index (χ3n) is 4.85. The molecule has 24 heavy (non-hydrogen) atoms. The molecule has 2 aromatic heterocycles. The average molecular weight is 348 g/mol. The number of ether oxygens (including phenoxy) is 1. The van der Waals surface area contributed by atoms with Crippen molar-refractivity contribution in [3.05, 3.63) is 34.6 Å². The minimum absolute atomic E-state index is 0.0869. The van der Waals surface area contributed by atoms with Gasteiger partial charge in [-0.1, -0.05) is 5.16 Å². The summed E-state index contributed by atoms with van der Waals surface area (Å²) in [7, 11) is 0. The van der Waals surface area contributed by atoms with Crippen LogP contribution in [0.1, 0.15) is 22.0 Å². The molecule has 4 heterocycles. The Kier molecular flexibility index (Phi) is 4.59. The molecule has 4 rings (SSSR count). The predicted molar refractivity (Wildman–Crippen MR) is 87.6 cm³/mol. The number of amides is 1. The van der Waals surface area contributed by atoms with Crippen molar-refractivity contribution in [3.63, 3.8) is 0 Å². The molecule has 2 aliphatic rings. The molecular weight excluding hydrogens is 328 g/mol. The number of fused-ring (bicyclic) bond motifs is 1. The molecule has 0 spiro atoms. The minimum Gasteiger partial charge on any atom is -0.376 e. The summed E-state index contributed by atoms with van der Waals surface area (Å²) in [4.78, 5) is 18.8. The SMILES string of the molecule is O=C(NC[C@@H]1OC[C@H]2CN(Cc3nccs3)CC[C@H]21)c1ccno1. The Hall–Kier alpha value is -1.77. The van der Waals surface area contributed by atoms with Crippen molar-refractivity contribution < 1.29 is 14.1 Å². The number of carbonyl (C=O) groups is 1. The van der Waals surface area contributed by atoms with Crippen molar-refractivity contribution in [1.82, 2.24) is 20.4 Å². The molecule has 0 unspecified atom stereocenters. The number of rotatable bonds is 5. The summed E-state index contributed by atoms with van der Waals surface area (Å²) < 4.78 is 10.8. The Morgan fingerprint density at radius 1 is 1.46 bits per heavy atom. The lowest BCUT2D eigenvalue weighted by Gasteiger charge is -2.35. The van der Waals surface area contributed by atoms with Crippen molar-refractivity contribution in [3.8, 4) is 0 Å². The Morgan fingerprint density at radius 3 is 3.21 bits per heavy atom. The second kappa shape index (κ2) is 7.00. The van der Waals surface area contributed by atoms with Crippen LogP contribution in [0.4, 0.5) is 0 Å². The van der Waals surface area contributed by atoms with Crippen LogP contribution in [0.5, 0.6) is 0 Å². The Morgan fingerprint density at radius 2 is 2.42 bits per heavy atom. The Labute approximate surface area is 144 Å². The minimum atomic E-state index is -0.235. The summed E-state index contributed by atoms with van der Waals surface area (Å²) in [6.07, 6.45) is 4.51. The molecule has 2 fully saturated rings. The van der Waals surface area contributed by atoms with Crippen LogP contribution < -0.4 is 5.32 Å². The zero-order valence-corrected chi connectivity index (χ0v) is 14.1. The molecule has 128 valence electrons. The predicted octanol–water partition coefficient (Wildman–Crippen LogP) is 1.40. The number of carbonyl (C=O) groups excluding carboxylic acids is 1. The summed E-state index contributed by atoms with van der Waals surface area (Å²) >= 11 is 1.71. The van der Waals surface area contributed by atoms with Crippen molar-refractivity contribution >= 4 is 17.2 Å². The number of nitrogens with one attached hydrogen (secondary N) is 1. The third kappa shape index (κ3) is 3.35. The van der Waals surface area contributed by atoms with E-state index < -0.39 is 0 Å². The molecule has 0 bridgehead atoms. The molecule has 0 radical (unpaired) electrons. The molecule has 3 atom stereocenters. The van der Waals surface area contributed by atoms with Gasteiger partial charge in [-0.25, -0.2) is 4.98 Å². The third-order valence-corrected chi connectivity index (χ3v) is 5.61. The van der Waals surface area contributed by atoms with Gasteiger partial charge in [0.2, 0.25) is 5.76 Å². The lowest BCUT2D eigenvalue weighted by atomic mass is 9.84. The van der Waals surface area contributed by atoms with E-state index in [2.05, 4.69) is 20.4 Å². The van der Waals surface area contributed by atoms with E-state index in [0.717, 1.165) is 32.7 Å². The molecule has 2 saturated heterocycles. The molecule has 2 aromatic rings. The van der Waals surface area contributed by atoms with Gasteiger partial charge in [0.05, 0.1) is 25.5 Å². The topological polar surface area (TPSA) is 80.5 Å². The number of piperidine rings is 1. The fourth-order valence-corrected chi connectivity index (χ4v) is 4.31. The first-order chi connectivity index (χ1) is 11.8. The number of nitrogens with zero attached hydrogens (tertiary/aromatic N) is 3. The van der Waals surface area contributed by atoms with Crippen LogP contribution in [-0.4, -0.2) is 53.3 Å². The average Bonchev–Trinajstić information content (AvgIpc) is 3.34. The van der Waals surface area contributed by atoms with Gasteiger partial charge in [-0.3, -0.25) is 9.69 Å². The number of aromatic nitrogens is 2. The monoisotopic (exact) mass is 348 g/mol. The van der Waals surface area contributed by atoms with Crippen molar-refractivity contribution in [2.45, 2.75) is 19.1 Å².